The van der Waals surface area contributed by atoms with Crippen LogP contribution in [0, 0.1) is 18.3 Å². The van der Waals surface area contributed by atoms with E-state index in [0.717, 1.165) is 23.4 Å². The third kappa shape index (κ3) is 2.43. The molecule has 0 unspecified atom stereocenters. The summed E-state index contributed by atoms with van der Waals surface area (Å²) in [5, 5.41) is 8.70. The molecule has 72 valence electrons. The average molecular weight is 186 g/mol. The topological polar surface area (TPSA) is 36.1 Å². The number of aliphatic imine (C=N–C) groups is 1. The van der Waals surface area contributed by atoms with Gasteiger partial charge in [0.05, 0.1) is 17.3 Å². The Balaban J connectivity index is 3.08. The van der Waals surface area contributed by atoms with Crippen LogP contribution in [0.4, 0.5) is 5.69 Å². The van der Waals surface area contributed by atoms with Crippen LogP contribution in [0.15, 0.2) is 23.2 Å². The van der Waals surface area contributed by atoms with Crippen molar-refractivity contribution in [3.8, 4) is 6.07 Å². The minimum atomic E-state index is 0.690. The number of nitriles is 1. The van der Waals surface area contributed by atoms with E-state index < -0.39 is 0 Å². The van der Waals surface area contributed by atoms with Crippen LogP contribution < -0.4 is 0 Å². The number of aryl methyl sites for hydroxylation is 1. The van der Waals surface area contributed by atoms with E-state index in [9.17, 15) is 0 Å². The maximum atomic E-state index is 8.70. The number of nitrogens with zero attached hydrogens (tertiary/aromatic N) is 2. The molecule has 0 atom stereocenters. The first-order valence-corrected chi connectivity index (χ1v) is 4.72. The van der Waals surface area contributed by atoms with E-state index >= 15 is 0 Å². The molecule has 0 heterocycles. The predicted octanol–water partition coefficient (Wildman–Crippen LogP) is 3.37. The van der Waals surface area contributed by atoms with Crippen LogP contribution in [0.5, 0.6) is 0 Å². The highest BCUT2D eigenvalue weighted by molar-refractivity contribution is 5.84. The number of hydrogen-bond acceptors (Lipinski definition) is 2. The minimum Gasteiger partial charge on any atom is -0.258 e. The van der Waals surface area contributed by atoms with E-state index in [0.29, 0.717) is 5.56 Å². The van der Waals surface area contributed by atoms with Gasteiger partial charge in [-0.25, -0.2) is 0 Å². The van der Waals surface area contributed by atoms with E-state index in [1.54, 1.807) is 6.07 Å². The van der Waals surface area contributed by atoms with Gasteiger partial charge >= 0.3 is 0 Å². The molecule has 0 bridgehead atoms. The number of rotatable bonds is 2. The Morgan fingerprint density at radius 3 is 2.71 bits per heavy atom. The van der Waals surface area contributed by atoms with Gasteiger partial charge in [-0.2, -0.15) is 5.26 Å². The first-order valence-electron chi connectivity index (χ1n) is 4.72. The molecule has 0 saturated heterocycles. The summed E-state index contributed by atoms with van der Waals surface area (Å²) in [6.07, 6.45) is 0.958. The van der Waals surface area contributed by atoms with Crippen LogP contribution >= 0.6 is 0 Å². The van der Waals surface area contributed by atoms with E-state index in [4.69, 9.17) is 5.26 Å². The smallest absolute Gasteiger partial charge is 0.0991 e. The van der Waals surface area contributed by atoms with Crippen molar-refractivity contribution in [2.45, 2.75) is 27.2 Å². The highest BCUT2D eigenvalue weighted by Gasteiger charge is 1.98. The average Bonchev–Trinajstić information content (AvgIpc) is 2.20. The highest BCUT2D eigenvalue weighted by atomic mass is 14.7. The molecule has 1 aromatic rings. The van der Waals surface area contributed by atoms with Crippen molar-refractivity contribution in [2.75, 3.05) is 0 Å². The second-order valence-corrected chi connectivity index (χ2v) is 3.31. The molecule has 0 N–H and O–H groups in total. The molecule has 2 heteroatoms. The Morgan fingerprint density at radius 2 is 2.21 bits per heavy atom. The molecule has 14 heavy (non-hydrogen) atoms. The first kappa shape index (κ1) is 10.5. The Hall–Kier alpha value is -1.62. The van der Waals surface area contributed by atoms with E-state index in [1.165, 1.54) is 0 Å². The van der Waals surface area contributed by atoms with Crippen molar-refractivity contribution >= 4 is 11.4 Å². The molecule has 0 aliphatic carbocycles. The van der Waals surface area contributed by atoms with Gasteiger partial charge in [-0.1, -0.05) is 6.92 Å². The maximum absolute atomic E-state index is 8.70. The summed E-state index contributed by atoms with van der Waals surface area (Å²) in [6.45, 7) is 6.07. The standard InChI is InChI=1S/C12H14N2/c1-4-10(3)14-12-6-5-11(8-13)7-9(12)2/h5-7H,4H2,1-3H3. The number of benzene rings is 1. The van der Waals surface area contributed by atoms with Crippen molar-refractivity contribution < 1.29 is 0 Å². The second-order valence-electron chi connectivity index (χ2n) is 3.31. The zero-order chi connectivity index (χ0) is 10.6. The second kappa shape index (κ2) is 4.57. The van der Waals surface area contributed by atoms with Crippen molar-refractivity contribution in [3.63, 3.8) is 0 Å². The Bertz CT molecular complexity index is 397. The fraction of sp³-hybridized carbons (Fsp3) is 0.333. The Kier molecular flexibility index (Phi) is 3.41. The Labute approximate surface area is 84.9 Å². The SMILES string of the molecule is CCC(C)=Nc1ccc(C#N)cc1C. The summed E-state index contributed by atoms with van der Waals surface area (Å²) in [6, 6.07) is 7.67. The molecule has 0 amide bonds. The third-order valence-corrected chi connectivity index (χ3v) is 2.15. The fourth-order valence-corrected chi connectivity index (χ4v) is 1.14. The zero-order valence-electron chi connectivity index (χ0n) is 8.83. The molecule has 0 fully saturated rings. The summed E-state index contributed by atoms with van der Waals surface area (Å²) in [7, 11) is 0. The molecule has 0 saturated carbocycles. The van der Waals surface area contributed by atoms with Crippen LogP contribution in [-0.4, -0.2) is 5.71 Å². The molecule has 0 aliphatic heterocycles. The van der Waals surface area contributed by atoms with Gasteiger partial charge in [0.25, 0.3) is 0 Å². The normalized spacial score (nSPS) is 11.1. The van der Waals surface area contributed by atoms with Gasteiger partial charge in [-0.15, -0.1) is 0 Å². The quantitative estimate of drug-likeness (QED) is 0.652. The van der Waals surface area contributed by atoms with Gasteiger partial charge in [-0.05, 0) is 44.0 Å². The first-order chi connectivity index (χ1) is 6.67. The van der Waals surface area contributed by atoms with E-state index in [2.05, 4.69) is 18.0 Å². The van der Waals surface area contributed by atoms with Crippen LogP contribution in [0.1, 0.15) is 31.4 Å². The van der Waals surface area contributed by atoms with E-state index in [1.807, 2.05) is 26.0 Å². The summed E-state index contributed by atoms with van der Waals surface area (Å²) in [5.41, 5.74) is 3.81. The molecular weight excluding hydrogens is 172 g/mol. The largest absolute Gasteiger partial charge is 0.258 e. The summed E-state index contributed by atoms with van der Waals surface area (Å²) in [5.74, 6) is 0. The third-order valence-electron chi connectivity index (χ3n) is 2.15. The summed E-state index contributed by atoms with van der Waals surface area (Å²) < 4.78 is 0. The number of hydrogen-bond donors (Lipinski definition) is 0. The lowest BCUT2D eigenvalue weighted by atomic mass is 10.1. The maximum Gasteiger partial charge on any atom is 0.0991 e. The molecule has 0 aliphatic rings. The van der Waals surface area contributed by atoms with Gasteiger partial charge in [0.15, 0.2) is 0 Å². The Morgan fingerprint density at radius 1 is 1.50 bits per heavy atom. The lowest BCUT2D eigenvalue weighted by Gasteiger charge is -2.01. The van der Waals surface area contributed by atoms with Crippen LogP contribution in [0.2, 0.25) is 0 Å². The molecular formula is C12H14N2. The molecule has 2 nitrogen and oxygen atoms in total. The van der Waals surface area contributed by atoms with Crippen molar-refractivity contribution in [2.24, 2.45) is 4.99 Å². The predicted molar refractivity (Wildman–Crippen MR) is 59.0 cm³/mol. The van der Waals surface area contributed by atoms with Gasteiger partial charge in [0.2, 0.25) is 0 Å². The molecule has 0 spiro atoms. The van der Waals surface area contributed by atoms with E-state index in [-0.39, 0.29) is 0 Å². The van der Waals surface area contributed by atoms with Crippen LogP contribution in [-0.2, 0) is 0 Å². The van der Waals surface area contributed by atoms with Crippen LogP contribution in [0.25, 0.3) is 0 Å². The molecule has 1 aromatic carbocycles. The van der Waals surface area contributed by atoms with Crippen molar-refractivity contribution in [1.29, 1.82) is 5.26 Å². The van der Waals surface area contributed by atoms with Gasteiger partial charge in [0.1, 0.15) is 0 Å². The summed E-state index contributed by atoms with van der Waals surface area (Å²) >= 11 is 0. The molecule has 1 rings (SSSR count). The van der Waals surface area contributed by atoms with Gasteiger partial charge < -0.3 is 0 Å². The van der Waals surface area contributed by atoms with Gasteiger partial charge in [-0.3, -0.25) is 4.99 Å². The monoisotopic (exact) mass is 186 g/mol. The minimum absolute atomic E-state index is 0.690. The lowest BCUT2D eigenvalue weighted by molar-refractivity contribution is 1.24. The van der Waals surface area contributed by atoms with Crippen molar-refractivity contribution in [1.82, 2.24) is 0 Å². The van der Waals surface area contributed by atoms with Gasteiger partial charge in [0, 0.05) is 5.71 Å². The fourth-order valence-electron chi connectivity index (χ4n) is 1.14. The van der Waals surface area contributed by atoms with Crippen molar-refractivity contribution in [3.05, 3.63) is 29.3 Å². The lowest BCUT2D eigenvalue weighted by Crippen LogP contribution is -1.87. The molecule has 0 aromatic heterocycles. The summed E-state index contributed by atoms with van der Waals surface area (Å²) in [4.78, 5) is 4.46. The zero-order valence-corrected chi connectivity index (χ0v) is 8.83. The highest BCUT2D eigenvalue weighted by Crippen LogP contribution is 2.19. The van der Waals surface area contributed by atoms with Crippen LogP contribution in [0.3, 0.4) is 0 Å². The molecule has 0 radical (unpaired) electrons.